The summed E-state index contributed by atoms with van der Waals surface area (Å²) in [5.74, 6) is 1.22. The number of aromatic nitrogens is 2. The molecule has 0 fully saturated rings. The summed E-state index contributed by atoms with van der Waals surface area (Å²) in [5, 5.41) is 3.96. The number of hydrogen-bond acceptors (Lipinski definition) is 5. The summed E-state index contributed by atoms with van der Waals surface area (Å²) in [6.45, 7) is 0.476. The predicted molar refractivity (Wildman–Crippen MR) is 74.8 cm³/mol. The second kappa shape index (κ2) is 6.79. The second-order valence-electron chi connectivity index (χ2n) is 4.33. The lowest BCUT2D eigenvalue weighted by Gasteiger charge is -2.05. The quantitative estimate of drug-likeness (QED) is 0.878. The number of nitrogens with two attached hydrogens (primary N) is 1. The van der Waals surface area contributed by atoms with Gasteiger partial charge in [-0.15, -0.1) is 0 Å². The zero-order chi connectivity index (χ0) is 13.7. The van der Waals surface area contributed by atoms with Gasteiger partial charge in [0.2, 0.25) is 5.89 Å². The van der Waals surface area contributed by atoms with Crippen molar-refractivity contribution in [3.8, 4) is 0 Å². The Morgan fingerprint density at radius 1 is 1.47 bits per heavy atom. The molecule has 0 amide bonds. The summed E-state index contributed by atoms with van der Waals surface area (Å²) in [7, 11) is 1.62. The van der Waals surface area contributed by atoms with Gasteiger partial charge in [-0.1, -0.05) is 33.2 Å². The van der Waals surface area contributed by atoms with Crippen LogP contribution in [0.3, 0.4) is 0 Å². The van der Waals surface area contributed by atoms with E-state index in [1.54, 1.807) is 7.11 Å². The smallest absolute Gasteiger partial charge is 0.228 e. The van der Waals surface area contributed by atoms with Crippen molar-refractivity contribution in [3.63, 3.8) is 0 Å². The third kappa shape index (κ3) is 4.41. The molecular formula is C13H16BrN3O2. The van der Waals surface area contributed by atoms with Gasteiger partial charge in [-0.25, -0.2) is 0 Å². The highest BCUT2D eigenvalue weighted by Crippen LogP contribution is 2.14. The molecule has 1 unspecified atom stereocenters. The molecular weight excluding hydrogens is 310 g/mol. The number of halogens is 1. The molecule has 2 rings (SSSR count). The van der Waals surface area contributed by atoms with Gasteiger partial charge in [-0.05, 0) is 17.7 Å². The van der Waals surface area contributed by atoms with Crippen molar-refractivity contribution in [1.29, 1.82) is 0 Å². The summed E-state index contributed by atoms with van der Waals surface area (Å²) in [6.07, 6.45) is 1.17. The highest BCUT2D eigenvalue weighted by Gasteiger charge is 2.11. The fourth-order valence-electron chi connectivity index (χ4n) is 1.77. The Kier molecular flexibility index (Phi) is 5.07. The van der Waals surface area contributed by atoms with Crippen LogP contribution in [0.15, 0.2) is 33.3 Å². The summed E-state index contributed by atoms with van der Waals surface area (Å²) >= 11 is 3.44. The molecule has 0 saturated heterocycles. The zero-order valence-electron chi connectivity index (χ0n) is 10.7. The number of nitrogens with zero attached hydrogens (tertiary/aromatic N) is 2. The molecule has 19 heavy (non-hydrogen) atoms. The van der Waals surface area contributed by atoms with Crippen LogP contribution in [0, 0.1) is 0 Å². The van der Waals surface area contributed by atoms with Crippen LogP contribution in [0.25, 0.3) is 0 Å². The Bertz CT molecular complexity index is 530. The van der Waals surface area contributed by atoms with Crippen LogP contribution in [0.5, 0.6) is 0 Å². The molecule has 1 atom stereocenters. The minimum Gasteiger partial charge on any atom is -0.383 e. The number of benzene rings is 1. The van der Waals surface area contributed by atoms with E-state index in [1.807, 2.05) is 24.3 Å². The Labute approximate surface area is 120 Å². The molecule has 6 heteroatoms. The molecule has 102 valence electrons. The van der Waals surface area contributed by atoms with E-state index in [-0.39, 0.29) is 6.04 Å². The Balaban J connectivity index is 1.97. The first-order valence-corrected chi connectivity index (χ1v) is 6.77. The van der Waals surface area contributed by atoms with Crippen LogP contribution in [0.4, 0.5) is 0 Å². The van der Waals surface area contributed by atoms with Gasteiger partial charge >= 0.3 is 0 Å². The summed E-state index contributed by atoms with van der Waals surface area (Å²) in [4.78, 5) is 4.33. The maximum absolute atomic E-state index is 5.84. The van der Waals surface area contributed by atoms with Crippen molar-refractivity contribution >= 4 is 15.9 Å². The Morgan fingerprint density at radius 2 is 2.32 bits per heavy atom. The average molecular weight is 326 g/mol. The predicted octanol–water partition coefficient (Wildman–Crippen LogP) is 1.94. The summed E-state index contributed by atoms with van der Waals surface area (Å²) in [6, 6.07) is 7.90. The van der Waals surface area contributed by atoms with E-state index in [1.165, 1.54) is 0 Å². The van der Waals surface area contributed by atoms with Gasteiger partial charge in [0.1, 0.15) is 0 Å². The molecule has 0 radical (unpaired) electrons. The largest absolute Gasteiger partial charge is 0.383 e. The third-order valence-electron chi connectivity index (χ3n) is 2.58. The minimum absolute atomic E-state index is 0.121. The van der Waals surface area contributed by atoms with E-state index in [2.05, 4.69) is 26.1 Å². The van der Waals surface area contributed by atoms with Crippen LogP contribution in [0.1, 0.15) is 17.3 Å². The Morgan fingerprint density at radius 3 is 3.05 bits per heavy atom. The van der Waals surface area contributed by atoms with Crippen molar-refractivity contribution in [1.82, 2.24) is 10.1 Å². The highest BCUT2D eigenvalue weighted by molar-refractivity contribution is 9.10. The van der Waals surface area contributed by atoms with Crippen LogP contribution < -0.4 is 5.73 Å². The van der Waals surface area contributed by atoms with E-state index in [4.69, 9.17) is 15.0 Å². The second-order valence-corrected chi connectivity index (χ2v) is 5.25. The number of ether oxygens (including phenoxy) is 1. The van der Waals surface area contributed by atoms with Gasteiger partial charge in [-0.3, -0.25) is 0 Å². The minimum atomic E-state index is -0.121. The number of rotatable bonds is 6. The van der Waals surface area contributed by atoms with E-state index in [9.17, 15) is 0 Å². The molecule has 0 aliphatic heterocycles. The third-order valence-corrected chi connectivity index (χ3v) is 3.07. The first-order valence-electron chi connectivity index (χ1n) is 5.98. The maximum atomic E-state index is 5.84. The normalized spacial score (nSPS) is 12.6. The maximum Gasteiger partial charge on any atom is 0.228 e. The van der Waals surface area contributed by atoms with Crippen LogP contribution in [-0.4, -0.2) is 29.9 Å². The van der Waals surface area contributed by atoms with Gasteiger partial charge in [-0.2, -0.15) is 4.98 Å². The fourth-order valence-corrected chi connectivity index (χ4v) is 2.22. The molecule has 0 aliphatic rings. The molecule has 0 spiro atoms. The van der Waals surface area contributed by atoms with E-state index in [0.29, 0.717) is 31.2 Å². The van der Waals surface area contributed by atoms with Gasteiger partial charge in [0.05, 0.1) is 6.61 Å². The summed E-state index contributed by atoms with van der Waals surface area (Å²) < 4.78 is 11.2. The molecule has 5 nitrogen and oxygen atoms in total. The van der Waals surface area contributed by atoms with E-state index >= 15 is 0 Å². The van der Waals surface area contributed by atoms with Crippen LogP contribution in [0.2, 0.25) is 0 Å². The van der Waals surface area contributed by atoms with Crippen LogP contribution in [-0.2, 0) is 17.6 Å². The molecule has 0 bridgehead atoms. The van der Waals surface area contributed by atoms with Crippen molar-refractivity contribution in [2.75, 3.05) is 13.7 Å². The molecule has 1 heterocycles. The van der Waals surface area contributed by atoms with Gasteiger partial charge in [0.25, 0.3) is 0 Å². The van der Waals surface area contributed by atoms with E-state index < -0.39 is 0 Å². The first-order chi connectivity index (χ1) is 9.17. The lowest BCUT2D eigenvalue weighted by Crippen LogP contribution is -2.28. The average Bonchev–Trinajstić information content (AvgIpc) is 2.76. The monoisotopic (exact) mass is 325 g/mol. The standard InChI is InChI=1S/C13H16BrN3O2/c1-18-8-11(15)7-13-16-12(17-19-13)6-9-3-2-4-10(14)5-9/h2-5,11H,6-8,15H2,1H3. The molecule has 1 aromatic carbocycles. The zero-order valence-corrected chi connectivity index (χ0v) is 12.3. The van der Waals surface area contributed by atoms with Crippen molar-refractivity contribution in [2.24, 2.45) is 5.73 Å². The fraction of sp³-hybridized carbons (Fsp3) is 0.385. The molecule has 2 aromatic rings. The Hall–Kier alpha value is -1.24. The lowest BCUT2D eigenvalue weighted by atomic mass is 10.1. The molecule has 0 saturated carbocycles. The topological polar surface area (TPSA) is 74.2 Å². The van der Waals surface area contributed by atoms with Gasteiger partial charge in [0.15, 0.2) is 5.82 Å². The van der Waals surface area contributed by atoms with Crippen molar-refractivity contribution in [3.05, 3.63) is 46.0 Å². The first kappa shape index (κ1) is 14.2. The van der Waals surface area contributed by atoms with Crippen molar-refractivity contribution < 1.29 is 9.26 Å². The van der Waals surface area contributed by atoms with Crippen molar-refractivity contribution in [2.45, 2.75) is 18.9 Å². The van der Waals surface area contributed by atoms with E-state index in [0.717, 1.165) is 10.0 Å². The van der Waals surface area contributed by atoms with Crippen LogP contribution >= 0.6 is 15.9 Å². The highest BCUT2D eigenvalue weighted by atomic mass is 79.9. The lowest BCUT2D eigenvalue weighted by molar-refractivity contribution is 0.176. The molecule has 2 N–H and O–H groups in total. The molecule has 0 aliphatic carbocycles. The summed E-state index contributed by atoms with van der Waals surface area (Å²) in [5.41, 5.74) is 6.97. The number of methoxy groups -OCH3 is 1. The SMILES string of the molecule is COCC(N)Cc1nc(Cc2cccc(Br)c2)no1. The van der Waals surface area contributed by atoms with Gasteiger partial charge in [0, 0.05) is 30.5 Å². The van der Waals surface area contributed by atoms with Gasteiger partial charge < -0.3 is 15.0 Å². The molecule has 1 aromatic heterocycles. The number of hydrogen-bond donors (Lipinski definition) is 1.